The lowest BCUT2D eigenvalue weighted by molar-refractivity contribution is 0.611. The zero-order chi connectivity index (χ0) is 13.8. The van der Waals surface area contributed by atoms with Gasteiger partial charge < -0.3 is 5.32 Å². The highest BCUT2D eigenvalue weighted by Gasteiger charge is 2.16. The second kappa shape index (κ2) is 6.51. The molecule has 0 aliphatic rings. The van der Waals surface area contributed by atoms with Crippen LogP contribution in [0.2, 0.25) is 5.02 Å². The Balaban J connectivity index is 2.41. The van der Waals surface area contributed by atoms with Gasteiger partial charge in [0.1, 0.15) is 5.82 Å². The third kappa shape index (κ3) is 3.56. The number of halogens is 3. The number of rotatable bonds is 4. The highest BCUT2D eigenvalue weighted by Crippen LogP contribution is 2.29. The third-order valence-electron chi connectivity index (χ3n) is 2.89. The zero-order valence-corrected chi connectivity index (χ0v) is 12.8. The van der Waals surface area contributed by atoms with Crippen LogP contribution in [-0.2, 0) is 0 Å². The Morgan fingerprint density at radius 2 is 1.89 bits per heavy atom. The Labute approximate surface area is 125 Å². The number of benzene rings is 2. The maximum Gasteiger partial charge on any atom is 0.124 e. The molecule has 0 saturated carbocycles. The second-order valence-electron chi connectivity index (χ2n) is 4.21. The van der Waals surface area contributed by atoms with Crippen LogP contribution in [0, 0.1) is 5.82 Å². The fourth-order valence-corrected chi connectivity index (χ4v) is 2.71. The fourth-order valence-electron chi connectivity index (χ4n) is 2.00. The minimum atomic E-state index is -0.248. The minimum Gasteiger partial charge on any atom is -0.306 e. The summed E-state index contributed by atoms with van der Waals surface area (Å²) < 4.78 is 13.9. The van der Waals surface area contributed by atoms with Gasteiger partial charge in [0.2, 0.25) is 0 Å². The molecule has 0 aliphatic carbocycles. The van der Waals surface area contributed by atoms with Gasteiger partial charge in [0.25, 0.3) is 0 Å². The summed E-state index contributed by atoms with van der Waals surface area (Å²) in [7, 11) is 0. The van der Waals surface area contributed by atoms with E-state index in [0.717, 1.165) is 22.1 Å². The van der Waals surface area contributed by atoms with E-state index in [1.54, 1.807) is 6.07 Å². The van der Waals surface area contributed by atoms with E-state index >= 15 is 0 Å². The summed E-state index contributed by atoms with van der Waals surface area (Å²) >= 11 is 9.34. The smallest absolute Gasteiger partial charge is 0.124 e. The molecule has 0 aromatic heterocycles. The number of nitrogens with one attached hydrogen (secondary N) is 1. The van der Waals surface area contributed by atoms with Gasteiger partial charge in [0.15, 0.2) is 0 Å². The van der Waals surface area contributed by atoms with E-state index in [2.05, 4.69) is 21.2 Å². The average Bonchev–Trinajstić information content (AvgIpc) is 2.38. The molecule has 0 heterocycles. The van der Waals surface area contributed by atoms with Crippen molar-refractivity contribution in [3.05, 3.63) is 68.9 Å². The van der Waals surface area contributed by atoms with Crippen molar-refractivity contribution in [3.8, 4) is 0 Å². The molecule has 19 heavy (non-hydrogen) atoms. The van der Waals surface area contributed by atoms with E-state index in [1.165, 1.54) is 12.1 Å². The highest BCUT2D eigenvalue weighted by atomic mass is 79.9. The molecule has 2 aromatic carbocycles. The van der Waals surface area contributed by atoms with Crippen LogP contribution in [-0.4, -0.2) is 6.54 Å². The first kappa shape index (κ1) is 14.5. The predicted molar refractivity (Wildman–Crippen MR) is 81.1 cm³/mol. The Bertz CT molecular complexity index is 557. The summed E-state index contributed by atoms with van der Waals surface area (Å²) in [6, 6.07) is 12.4. The Hall–Kier alpha value is -0.900. The van der Waals surface area contributed by atoms with Crippen LogP contribution in [0.3, 0.4) is 0 Å². The fraction of sp³-hybridized carbons (Fsp3) is 0.200. The van der Waals surface area contributed by atoms with Gasteiger partial charge in [0.05, 0.1) is 6.04 Å². The van der Waals surface area contributed by atoms with Gasteiger partial charge in [-0.1, -0.05) is 52.7 Å². The lowest BCUT2D eigenvalue weighted by atomic mass is 9.98. The van der Waals surface area contributed by atoms with Crippen LogP contribution in [0.4, 0.5) is 4.39 Å². The quantitative estimate of drug-likeness (QED) is 0.830. The number of hydrogen-bond acceptors (Lipinski definition) is 1. The molecule has 0 bridgehead atoms. The van der Waals surface area contributed by atoms with Crippen molar-refractivity contribution in [2.45, 2.75) is 13.0 Å². The van der Waals surface area contributed by atoms with Crippen molar-refractivity contribution in [1.29, 1.82) is 0 Å². The topological polar surface area (TPSA) is 12.0 Å². The standard InChI is InChI=1S/C15H14BrClFN/c1-2-19-15(10-3-5-11(17)6-4-10)13-8-7-12(18)9-14(13)16/h3-9,15,19H,2H2,1H3. The van der Waals surface area contributed by atoms with E-state index < -0.39 is 0 Å². The van der Waals surface area contributed by atoms with Crippen LogP contribution in [0.25, 0.3) is 0 Å². The largest absolute Gasteiger partial charge is 0.306 e. The minimum absolute atomic E-state index is 0.0113. The molecule has 0 fully saturated rings. The van der Waals surface area contributed by atoms with Crippen LogP contribution in [0.15, 0.2) is 46.9 Å². The molecule has 0 spiro atoms. The SMILES string of the molecule is CCNC(c1ccc(Cl)cc1)c1ccc(F)cc1Br. The van der Waals surface area contributed by atoms with Gasteiger partial charge in [-0.2, -0.15) is 0 Å². The summed E-state index contributed by atoms with van der Waals surface area (Å²) in [5.74, 6) is -0.248. The second-order valence-corrected chi connectivity index (χ2v) is 5.50. The van der Waals surface area contributed by atoms with E-state index in [-0.39, 0.29) is 11.9 Å². The molecule has 1 atom stereocenters. The summed E-state index contributed by atoms with van der Waals surface area (Å²) in [6.07, 6.45) is 0. The van der Waals surface area contributed by atoms with E-state index in [9.17, 15) is 4.39 Å². The molecule has 100 valence electrons. The lowest BCUT2D eigenvalue weighted by Gasteiger charge is -2.20. The summed E-state index contributed by atoms with van der Waals surface area (Å²) in [6.45, 7) is 2.86. The van der Waals surface area contributed by atoms with Crippen molar-refractivity contribution in [3.63, 3.8) is 0 Å². The monoisotopic (exact) mass is 341 g/mol. The van der Waals surface area contributed by atoms with Crippen LogP contribution in [0.1, 0.15) is 24.1 Å². The third-order valence-corrected chi connectivity index (χ3v) is 3.82. The van der Waals surface area contributed by atoms with E-state index in [1.807, 2.05) is 31.2 Å². The highest BCUT2D eigenvalue weighted by molar-refractivity contribution is 9.10. The van der Waals surface area contributed by atoms with Gasteiger partial charge in [0, 0.05) is 9.50 Å². The molecule has 1 unspecified atom stereocenters. The molecule has 0 amide bonds. The normalized spacial score (nSPS) is 12.4. The van der Waals surface area contributed by atoms with Crippen molar-refractivity contribution in [2.75, 3.05) is 6.54 Å². The molecular formula is C15H14BrClFN. The molecule has 0 radical (unpaired) electrons. The molecular weight excluding hydrogens is 329 g/mol. The van der Waals surface area contributed by atoms with Crippen molar-refractivity contribution >= 4 is 27.5 Å². The van der Waals surface area contributed by atoms with Crippen LogP contribution in [0.5, 0.6) is 0 Å². The van der Waals surface area contributed by atoms with Gasteiger partial charge in [-0.15, -0.1) is 0 Å². The first-order valence-corrected chi connectivity index (χ1v) is 7.22. The Kier molecular flexibility index (Phi) is 4.97. The van der Waals surface area contributed by atoms with Gasteiger partial charge in [-0.25, -0.2) is 4.39 Å². The molecule has 2 rings (SSSR count). The average molecular weight is 343 g/mol. The maximum absolute atomic E-state index is 13.2. The summed E-state index contributed by atoms with van der Waals surface area (Å²) in [4.78, 5) is 0. The van der Waals surface area contributed by atoms with E-state index in [0.29, 0.717) is 5.02 Å². The Morgan fingerprint density at radius 1 is 1.21 bits per heavy atom. The lowest BCUT2D eigenvalue weighted by Crippen LogP contribution is -2.22. The van der Waals surface area contributed by atoms with Crippen molar-refractivity contribution in [2.24, 2.45) is 0 Å². The summed E-state index contributed by atoms with van der Waals surface area (Å²) in [5.41, 5.74) is 2.10. The molecule has 4 heteroatoms. The number of hydrogen-bond donors (Lipinski definition) is 1. The summed E-state index contributed by atoms with van der Waals surface area (Å²) in [5, 5.41) is 4.11. The molecule has 2 aromatic rings. The maximum atomic E-state index is 13.2. The predicted octanol–water partition coefficient (Wildman–Crippen LogP) is 4.94. The molecule has 0 saturated heterocycles. The molecule has 1 nitrogen and oxygen atoms in total. The van der Waals surface area contributed by atoms with Crippen molar-refractivity contribution in [1.82, 2.24) is 5.32 Å². The molecule has 1 N–H and O–H groups in total. The van der Waals surface area contributed by atoms with Crippen molar-refractivity contribution < 1.29 is 4.39 Å². The van der Waals surface area contributed by atoms with Crippen LogP contribution >= 0.6 is 27.5 Å². The Morgan fingerprint density at radius 3 is 2.47 bits per heavy atom. The first-order chi connectivity index (χ1) is 9.11. The van der Waals surface area contributed by atoms with E-state index in [4.69, 9.17) is 11.6 Å². The van der Waals surface area contributed by atoms with Gasteiger partial charge in [-0.3, -0.25) is 0 Å². The molecule has 0 aliphatic heterocycles. The zero-order valence-electron chi connectivity index (χ0n) is 10.5. The van der Waals surface area contributed by atoms with Crippen LogP contribution < -0.4 is 5.32 Å². The van der Waals surface area contributed by atoms with Gasteiger partial charge in [-0.05, 0) is 41.9 Å². The first-order valence-electron chi connectivity index (χ1n) is 6.05. The van der Waals surface area contributed by atoms with Gasteiger partial charge >= 0.3 is 0 Å².